The first-order valence-corrected chi connectivity index (χ1v) is 12.2. The van der Waals surface area contributed by atoms with Crippen molar-refractivity contribution in [2.24, 2.45) is 5.92 Å². The van der Waals surface area contributed by atoms with Gasteiger partial charge in [0.15, 0.2) is 11.6 Å². The van der Waals surface area contributed by atoms with Crippen LogP contribution in [0.25, 0.3) is 55.8 Å². The Morgan fingerprint density at radius 2 is 1.84 bits per heavy atom. The second kappa shape index (κ2) is 8.80. The first kappa shape index (κ1) is 22.2. The van der Waals surface area contributed by atoms with E-state index in [9.17, 15) is 4.79 Å². The lowest BCUT2D eigenvalue weighted by molar-refractivity contribution is -0.122. The fourth-order valence-corrected chi connectivity index (χ4v) is 4.69. The molecule has 186 valence electrons. The number of nitrogens with one attached hydrogen (secondary N) is 3. The zero-order chi connectivity index (χ0) is 25.6. The molecule has 1 fully saturated rings. The Balaban J connectivity index is 1.30. The number of fused-ring (bicyclic) bond motifs is 2. The van der Waals surface area contributed by atoms with Gasteiger partial charge in [-0.15, -0.1) is 0 Å². The zero-order valence-electron chi connectivity index (χ0n) is 19.9. The molecule has 0 radical (unpaired) electrons. The highest BCUT2D eigenvalue weighted by atomic mass is 19.1. The van der Waals surface area contributed by atoms with Crippen molar-refractivity contribution >= 4 is 33.5 Å². The van der Waals surface area contributed by atoms with Crippen LogP contribution in [0.15, 0.2) is 61.6 Å². The van der Waals surface area contributed by atoms with Crippen LogP contribution < -0.4 is 5.32 Å². The number of halogens is 1. The Bertz CT molecular complexity index is 1830. The molecule has 0 bridgehead atoms. The molecule has 1 aliphatic rings. The number of nitrogens with zero attached hydrogens (tertiary/aromatic N) is 6. The summed E-state index contributed by atoms with van der Waals surface area (Å²) in [5, 5.41) is 10.3. The minimum absolute atomic E-state index is 0.0245. The lowest BCUT2D eigenvalue weighted by atomic mass is 9.85. The van der Waals surface area contributed by atoms with E-state index in [0.29, 0.717) is 39.3 Å². The highest BCUT2D eigenvalue weighted by Gasteiger charge is 2.26. The van der Waals surface area contributed by atoms with Gasteiger partial charge in [-0.3, -0.25) is 29.8 Å². The van der Waals surface area contributed by atoms with Crippen molar-refractivity contribution < 1.29 is 9.18 Å². The number of hydrogen-bond donors (Lipinski definition) is 3. The Kier molecular flexibility index (Phi) is 5.13. The molecule has 6 heterocycles. The fourth-order valence-electron chi connectivity index (χ4n) is 4.69. The van der Waals surface area contributed by atoms with Gasteiger partial charge in [-0.1, -0.05) is 6.42 Å². The van der Waals surface area contributed by atoms with Crippen LogP contribution in [0.5, 0.6) is 0 Å². The van der Waals surface area contributed by atoms with E-state index in [0.717, 1.165) is 30.4 Å². The van der Waals surface area contributed by atoms with Crippen molar-refractivity contribution in [2.45, 2.75) is 19.3 Å². The first-order valence-electron chi connectivity index (χ1n) is 12.2. The van der Waals surface area contributed by atoms with Gasteiger partial charge in [-0.05, 0) is 36.6 Å². The summed E-state index contributed by atoms with van der Waals surface area (Å²) in [7, 11) is 0. The number of aromatic amines is 2. The maximum atomic E-state index is 16.0. The normalized spacial score (nSPS) is 13.6. The van der Waals surface area contributed by atoms with E-state index in [-0.39, 0.29) is 22.9 Å². The molecular weight excluding hydrogens is 485 g/mol. The van der Waals surface area contributed by atoms with Gasteiger partial charge < -0.3 is 10.3 Å². The molecule has 0 aromatic carbocycles. The van der Waals surface area contributed by atoms with Crippen molar-refractivity contribution in [2.75, 3.05) is 5.32 Å². The Morgan fingerprint density at radius 3 is 2.66 bits per heavy atom. The predicted octanol–water partition coefficient (Wildman–Crippen LogP) is 4.90. The maximum Gasteiger partial charge on any atom is 0.227 e. The number of hydrogen-bond acceptors (Lipinski definition) is 7. The van der Waals surface area contributed by atoms with Gasteiger partial charge in [0.1, 0.15) is 16.9 Å². The van der Waals surface area contributed by atoms with Crippen molar-refractivity contribution in [1.29, 1.82) is 0 Å². The minimum Gasteiger partial charge on any atom is -0.335 e. The standard InChI is InChI=1S/C27H20FN9O/c28-22-21-19(13-32-23(22)16-8-17(10-30-9-16)33-27(38)15-2-1-3-15)36-37-25(21)26-34-20-12-31-11-18(24(20)35-26)14-4-6-29-7-5-14/h4-13,15H,1-3H2,(H,33,38)(H,34,35)(H,36,37). The molecule has 38 heavy (non-hydrogen) atoms. The summed E-state index contributed by atoms with van der Waals surface area (Å²) in [6.45, 7) is 0. The number of carbonyl (C=O) groups excluding carboxylic acids is 1. The van der Waals surface area contributed by atoms with Crippen LogP contribution in [-0.4, -0.2) is 46.0 Å². The molecule has 0 unspecified atom stereocenters. The van der Waals surface area contributed by atoms with Gasteiger partial charge in [-0.25, -0.2) is 9.37 Å². The lowest BCUT2D eigenvalue weighted by Crippen LogP contribution is -2.28. The number of carbonyl (C=O) groups is 1. The molecule has 7 rings (SSSR count). The maximum absolute atomic E-state index is 16.0. The molecule has 0 aliphatic heterocycles. The summed E-state index contributed by atoms with van der Waals surface area (Å²) < 4.78 is 16.0. The van der Waals surface area contributed by atoms with Crippen LogP contribution in [0.3, 0.4) is 0 Å². The Morgan fingerprint density at radius 1 is 1.00 bits per heavy atom. The number of rotatable bonds is 5. The van der Waals surface area contributed by atoms with E-state index in [2.05, 4.69) is 40.4 Å². The van der Waals surface area contributed by atoms with E-state index < -0.39 is 5.82 Å². The molecule has 6 aromatic rings. The van der Waals surface area contributed by atoms with Crippen molar-refractivity contribution in [1.82, 2.24) is 40.1 Å². The topological polar surface area (TPSA) is 138 Å². The van der Waals surface area contributed by atoms with E-state index >= 15 is 4.39 Å². The lowest BCUT2D eigenvalue weighted by Gasteiger charge is -2.24. The van der Waals surface area contributed by atoms with Crippen molar-refractivity contribution in [3.05, 3.63) is 67.4 Å². The number of H-pyrrole nitrogens is 2. The van der Waals surface area contributed by atoms with Crippen molar-refractivity contribution in [3.8, 4) is 33.9 Å². The minimum atomic E-state index is -0.566. The van der Waals surface area contributed by atoms with Crippen molar-refractivity contribution in [3.63, 3.8) is 0 Å². The fraction of sp³-hybridized carbons (Fsp3) is 0.148. The summed E-state index contributed by atoms with van der Waals surface area (Å²) in [6.07, 6.45) is 14.2. The third kappa shape index (κ3) is 3.67. The molecular formula is C27H20FN9O. The molecule has 11 heteroatoms. The Labute approximate surface area is 214 Å². The van der Waals surface area contributed by atoms with Crippen LogP contribution in [0.4, 0.5) is 10.1 Å². The van der Waals surface area contributed by atoms with Gasteiger partial charge >= 0.3 is 0 Å². The SMILES string of the molecule is O=C(Nc1cncc(-c2ncc3n[nH]c(-c4nc5c(-c6ccncc6)cncc5[nH]4)c3c2F)c1)C1CCC1. The molecule has 1 amide bonds. The highest BCUT2D eigenvalue weighted by Crippen LogP contribution is 2.34. The van der Waals surface area contributed by atoms with E-state index in [1.165, 1.54) is 12.4 Å². The van der Waals surface area contributed by atoms with Gasteiger partial charge in [0.2, 0.25) is 5.91 Å². The first-order chi connectivity index (χ1) is 18.7. The summed E-state index contributed by atoms with van der Waals surface area (Å²) >= 11 is 0. The summed E-state index contributed by atoms with van der Waals surface area (Å²) in [4.78, 5) is 37.3. The molecule has 1 aliphatic carbocycles. The Hall–Kier alpha value is -5.06. The van der Waals surface area contributed by atoms with Gasteiger partial charge in [0.25, 0.3) is 0 Å². The molecule has 0 saturated heterocycles. The number of imidazole rings is 1. The quantitative estimate of drug-likeness (QED) is 0.303. The molecule has 0 spiro atoms. The van der Waals surface area contributed by atoms with E-state index in [4.69, 9.17) is 4.98 Å². The molecule has 3 N–H and O–H groups in total. The van der Waals surface area contributed by atoms with Gasteiger partial charge in [0, 0.05) is 41.8 Å². The third-order valence-electron chi connectivity index (χ3n) is 6.92. The molecule has 0 atom stereocenters. The zero-order valence-corrected chi connectivity index (χ0v) is 19.9. The predicted molar refractivity (Wildman–Crippen MR) is 139 cm³/mol. The number of pyridine rings is 4. The third-order valence-corrected chi connectivity index (χ3v) is 6.92. The smallest absolute Gasteiger partial charge is 0.227 e. The summed E-state index contributed by atoms with van der Waals surface area (Å²) in [6, 6.07) is 5.43. The molecule has 10 nitrogen and oxygen atoms in total. The van der Waals surface area contributed by atoms with Crippen LogP contribution >= 0.6 is 0 Å². The van der Waals surface area contributed by atoms with Crippen LogP contribution in [0.2, 0.25) is 0 Å². The molecule has 1 saturated carbocycles. The van der Waals surface area contributed by atoms with E-state index in [1.807, 2.05) is 12.1 Å². The average molecular weight is 506 g/mol. The van der Waals surface area contributed by atoms with Crippen LogP contribution in [0, 0.1) is 11.7 Å². The number of amides is 1. The summed E-state index contributed by atoms with van der Waals surface area (Å²) in [5.41, 5.74) is 4.92. The monoisotopic (exact) mass is 505 g/mol. The number of aromatic nitrogens is 8. The highest BCUT2D eigenvalue weighted by molar-refractivity contribution is 5.98. The summed E-state index contributed by atoms with van der Waals surface area (Å²) in [5.74, 6) is -0.164. The average Bonchev–Trinajstić information content (AvgIpc) is 3.53. The number of anilines is 1. The van der Waals surface area contributed by atoms with E-state index in [1.54, 1.807) is 37.1 Å². The van der Waals surface area contributed by atoms with Crippen LogP contribution in [-0.2, 0) is 4.79 Å². The van der Waals surface area contributed by atoms with Gasteiger partial charge in [0.05, 0.1) is 40.7 Å². The van der Waals surface area contributed by atoms with Gasteiger partial charge in [-0.2, -0.15) is 5.10 Å². The largest absolute Gasteiger partial charge is 0.335 e. The molecule has 6 aromatic heterocycles. The second-order valence-corrected chi connectivity index (χ2v) is 9.26. The second-order valence-electron chi connectivity index (χ2n) is 9.26. The van der Waals surface area contributed by atoms with Crippen LogP contribution in [0.1, 0.15) is 19.3 Å².